The Morgan fingerprint density at radius 1 is 1.30 bits per heavy atom. The van der Waals surface area contributed by atoms with Gasteiger partial charge < -0.3 is 10.1 Å². The van der Waals surface area contributed by atoms with Crippen molar-refractivity contribution in [2.75, 3.05) is 25.2 Å². The second kappa shape index (κ2) is 9.90. The average molecular weight is 455 g/mol. The van der Waals surface area contributed by atoms with Crippen LogP contribution in [0.15, 0.2) is 36.7 Å². The van der Waals surface area contributed by atoms with Gasteiger partial charge in [-0.25, -0.2) is 18.7 Å². The van der Waals surface area contributed by atoms with Crippen molar-refractivity contribution in [1.29, 1.82) is 0 Å². The predicted molar refractivity (Wildman–Crippen MR) is 117 cm³/mol. The van der Waals surface area contributed by atoms with Crippen molar-refractivity contribution in [2.45, 2.75) is 38.9 Å². The van der Waals surface area contributed by atoms with Gasteiger partial charge in [0.1, 0.15) is 24.0 Å². The van der Waals surface area contributed by atoms with Gasteiger partial charge in [0.05, 0.1) is 18.8 Å². The highest BCUT2D eigenvalue weighted by molar-refractivity contribution is 6.00. The number of likely N-dealkylation sites (N-methyl/N-ethyl adjacent to an activating group) is 1. The van der Waals surface area contributed by atoms with Crippen molar-refractivity contribution in [3.05, 3.63) is 59.6 Å². The lowest BCUT2D eigenvalue weighted by molar-refractivity contribution is -0.120. The number of fused-ring (bicyclic) bond motifs is 1. The molecular weight excluding hydrogens is 429 g/mol. The molecule has 1 aromatic carbocycles. The van der Waals surface area contributed by atoms with Crippen LogP contribution in [0.2, 0.25) is 0 Å². The van der Waals surface area contributed by atoms with Gasteiger partial charge in [-0.2, -0.15) is 5.10 Å². The van der Waals surface area contributed by atoms with E-state index in [4.69, 9.17) is 4.74 Å². The molecule has 174 valence electrons. The van der Waals surface area contributed by atoms with Crippen molar-refractivity contribution >= 4 is 17.6 Å². The van der Waals surface area contributed by atoms with Gasteiger partial charge in [-0.15, -0.1) is 5.10 Å². The number of anilines is 1. The Morgan fingerprint density at radius 2 is 2.12 bits per heavy atom. The SMILES string of the molecule is CCOCCc1cc2n(n1)CC[C@H](NC(=O)c1ncn(Cc3ccccc3F)n1)C(=O)N2C. The van der Waals surface area contributed by atoms with Crippen molar-refractivity contribution in [1.82, 2.24) is 29.9 Å². The zero-order valence-corrected chi connectivity index (χ0v) is 18.6. The topological polar surface area (TPSA) is 107 Å². The third-order valence-electron chi connectivity index (χ3n) is 5.45. The fourth-order valence-corrected chi connectivity index (χ4v) is 3.69. The van der Waals surface area contributed by atoms with E-state index in [-0.39, 0.29) is 24.1 Å². The van der Waals surface area contributed by atoms with E-state index in [1.165, 1.54) is 22.0 Å². The molecule has 33 heavy (non-hydrogen) atoms. The van der Waals surface area contributed by atoms with E-state index in [9.17, 15) is 14.0 Å². The molecule has 1 aliphatic rings. The predicted octanol–water partition coefficient (Wildman–Crippen LogP) is 1.41. The summed E-state index contributed by atoms with van der Waals surface area (Å²) >= 11 is 0. The van der Waals surface area contributed by atoms with Crippen molar-refractivity contribution in [2.24, 2.45) is 0 Å². The van der Waals surface area contributed by atoms with Crippen LogP contribution in [0.25, 0.3) is 0 Å². The zero-order chi connectivity index (χ0) is 23.4. The number of amides is 2. The first kappa shape index (κ1) is 22.6. The van der Waals surface area contributed by atoms with E-state index in [0.29, 0.717) is 44.0 Å². The smallest absolute Gasteiger partial charge is 0.291 e. The number of ether oxygens (including phenoxy) is 1. The molecule has 0 fully saturated rings. The Labute approximate surface area is 190 Å². The summed E-state index contributed by atoms with van der Waals surface area (Å²) in [5, 5.41) is 11.4. The van der Waals surface area contributed by atoms with Crippen LogP contribution in [0.1, 0.15) is 35.2 Å². The largest absolute Gasteiger partial charge is 0.381 e. The number of carbonyl (C=O) groups excluding carboxylic acids is 2. The molecule has 0 unspecified atom stereocenters. The van der Waals surface area contributed by atoms with Gasteiger partial charge in [0, 0.05) is 38.2 Å². The quantitative estimate of drug-likeness (QED) is 0.515. The number of halogens is 1. The molecule has 4 rings (SSSR count). The first-order valence-corrected chi connectivity index (χ1v) is 10.8. The fraction of sp³-hybridized carbons (Fsp3) is 0.409. The van der Waals surface area contributed by atoms with E-state index < -0.39 is 11.9 Å². The Kier molecular flexibility index (Phi) is 6.78. The number of hydrogen-bond donors (Lipinski definition) is 1. The zero-order valence-electron chi connectivity index (χ0n) is 18.6. The van der Waals surface area contributed by atoms with Crippen molar-refractivity contribution in [3.63, 3.8) is 0 Å². The molecule has 10 nitrogen and oxygen atoms in total. The summed E-state index contributed by atoms with van der Waals surface area (Å²) < 4.78 is 22.4. The number of carbonyl (C=O) groups is 2. The monoisotopic (exact) mass is 455 g/mol. The number of nitrogens with one attached hydrogen (secondary N) is 1. The summed E-state index contributed by atoms with van der Waals surface area (Å²) in [4.78, 5) is 31.2. The minimum atomic E-state index is -0.741. The number of rotatable bonds is 8. The van der Waals surface area contributed by atoms with Gasteiger partial charge in [-0.3, -0.25) is 14.5 Å². The third-order valence-corrected chi connectivity index (χ3v) is 5.45. The van der Waals surface area contributed by atoms with E-state index in [0.717, 1.165) is 5.69 Å². The summed E-state index contributed by atoms with van der Waals surface area (Å²) in [6.07, 6.45) is 2.41. The number of aryl methyl sites for hydroxylation is 1. The Bertz CT molecular complexity index is 1140. The number of benzene rings is 1. The van der Waals surface area contributed by atoms with Gasteiger partial charge in [0.2, 0.25) is 5.82 Å². The van der Waals surface area contributed by atoms with Crippen molar-refractivity contribution in [3.8, 4) is 0 Å². The maximum absolute atomic E-state index is 13.9. The van der Waals surface area contributed by atoms with Gasteiger partial charge in [-0.05, 0) is 19.4 Å². The Hall–Kier alpha value is -3.60. The lowest BCUT2D eigenvalue weighted by atomic mass is 10.2. The second-order valence-electron chi connectivity index (χ2n) is 7.73. The van der Waals surface area contributed by atoms with Crippen LogP contribution in [0.3, 0.4) is 0 Å². The van der Waals surface area contributed by atoms with Gasteiger partial charge in [-0.1, -0.05) is 18.2 Å². The van der Waals surface area contributed by atoms with Gasteiger partial charge >= 0.3 is 0 Å². The fourth-order valence-electron chi connectivity index (χ4n) is 3.69. The Morgan fingerprint density at radius 3 is 2.91 bits per heavy atom. The molecule has 11 heteroatoms. The minimum Gasteiger partial charge on any atom is -0.381 e. The molecule has 0 saturated heterocycles. The van der Waals surface area contributed by atoms with Crippen LogP contribution in [0.4, 0.5) is 10.2 Å². The Balaban J connectivity index is 1.39. The van der Waals surface area contributed by atoms with Gasteiger partial charge in [0.15, 0.2) is 0 Å². The molecule has 0 spiro atoms. The van der Waals surface area contributed by atoms with Crippen LogP contribution in [-0.4, -0.2) is 62.7 Å². The normalized spacial score (nSPS) is 15.9. The van der Waals surface area contributed by atoms with Crippen LogP contribution in [0.5, 0.6) is 0 Å². The minimum absolute atomic E-state index is 0.0815. The van der Waals surface area contributed by atoms with Gasteiger partial charge in [0.25, 0.3) is 11.8 Å². The van der Waals surface area contributed by atoms with E-state index in [1.54, 1.807) is 29.9 Å². The molecule has 1 aliphatic heterocycles. The molecule has 2 amide bonds. The summed E-state index contributed by atoms with van der Waals surface area (Å²) in [6.45, 7) is 3.76. The molecule has 3 aromatic rings. The highest BCUT2D eigenvalue weighted by Crippen LogP contribution is 2.21. The summed E-state index contributed by atoms with van der Waals surface area (Å²) in [5.41, 5.74) is 1.29. The maximum atomic E-state index is 13.9. The highest BCUT2D eigenvalue weighted by Gasteiger charge is 2.31. The maximum Gasteiger partial charge on any atom is 0.291 e. The lowest BCUT2D eigenvalue weighted by Gasteiger charge is -2.19. The first-order chi connectivity index (χ1) is 16.0. The van der Waals surface area contributed by atoms with E-state index >= 15 is 0 Å². The standard InChI is InChI=1S/C22H26FN7O3/c1-3-33-11-9-16-12-19-28(2)22(32)18(8-10-30(19)26-16)25-21(31)20-24-14-29(27-20)13-15-6-4-5-7-17(15)23/h4-7,12,14,18H,3,8-11,13H2,1-2H3,(H,25,31)/t18-/m0/s1. The molecular formula is C22H26FN7O3. The molecule has 3 heterocycles. The number of nitrogens with zero attached hydrogens (tertiary/aromatic N) is 6. The number of hydrogen-bond acceptors (Lipinski definition) is 6. The molecule has 1 N–H and O–H groups in total. The third kappa shape index (κ3) is 5.08. The van der Waals surface area contributed by atoms with Crippen LogP contribution in [-0.2, 0) is 29.0 Å². The van der Waals surface area contributed by atoms with E-state index in [1.807, 2.05) is 13.0 Å². The molecule has 0 aliphatic carbocycles. The highest BCUT2D eigenvalue weighted by atomic mass is 19.1. The van der Waals surface area contributed by atoms with Crippen LogP contribution in [0, 0.1) is 5.82 Å². The van der Waals surface area contributed by atoms with E-state index in [2.05, 4.69) is 20.5 Å². The summed E-state index contributed by atoms with van der Waals surface area (Å²) in [7, 11) is 1.66. The molecule has 0 bridgehead atoms. The van der Waals surface area contributed by atoms with Crippen LogP contribution < -0.4 is 10.2 Å². The molecule has 1 atom stereocenters. The molecule has 0 saturated carbocycles. The second-order valence-corrected chi connectivity index (χ2v) is 7.73. The number of aromatic nitrogens is 5. The first-order valence-electron chi connectivity index (χ1n) is 10.8. The van der Waals surface area contributed by atoms with Crippen molar-refractivity contribution < 1.29 is 18.7 Å². The molecule has 2 aromatic heterocycles. The lowest BCUT2D eigenvalue weighted by Crippen LogP contribution is -2.47. The summed E-state index contributed by atoms with van der Waals surface area (Å²) in [5.74, 6) is -0.572. The van der Waals surface area contributed by atoms with Crippen LogP contribution >= 0.6 is 0 Å². The molecule has 0 radical (unpaired) electrons. The average Bonchev–Trinajstić information content (AvgIpc) is 3.42. The summed E-state index contributed by atoms with van der Waals surface area (Å²) in [6, 6.07) is 7.46.